The zero-order valence-corrected chi connectivity index (χ0v) is 14.8. The van der Waals surface area contributed by atoms with E-state index in [-0.39, 0.29) is 5.91 Å². The maximum atomic E-state index is 12.6. The summed E-state index contributed by atoms with van der Waals surface area (Å²) in [5.74, 6) is -0.270. The lowest BCUT2D eigenvalue weighted by Crippen LogP contribution is -2.16. The van der Waals surface area contributed by atoms with Crippen molar-refractivity contribution < 1.29 is 4.79 Å². The maximum Gasteiger partial charge on any atom is 0.274 e. The minimum Gasteiger partial charge on any atom is -0.345 e. The van der Waals surface area contributed by atoms with Gasteiger partial charge in [-0.3, -0.25) is 9.78 Å². The molecule has 0 saturated carbocycles. The van der Waals surface area contributed by atoms with Crippen molar-refractivity contribution in [1.82, 2.24) is 4.98 Å². The van der Waals surface area contributed by atoms with Gasteiger partial charge in [0.15, 0.2) is 0 Å². The fraction of sp³-hybridized carbons (Fsp3) is 0.100. The molecule has 0 aliphatic carbocycles. The van der Waals surface area contributed by atoms with Crippen LogP contribution in [0.1, 0.15) is 16.1 Å². The number of carbonyl (C=O) groups excluding carboxylic acids is 1. The minimum atomic E-state index is -0.270. The molecule has 0 fully saturated rings. The Balaban J connectivity index is 1.83. The Bertz CT molecular complexity index is 896. The van der Waals surface area contributed by atoms with Gasteiger partial charge in [0.1, 0.15) is 5.69 Å². The molecule has 0 unspecified atom stereocenters. The number of aromatic nitrogens is 1. The molecule has 1 N–H and O–H groups in total. The van der Waals surface area contributed by atoms with E-state index in [4.69, 9.17) is 11.6 Å². The topological polar surface area (TPSA) is 45.2 Å². The first-order valence-electron chi connectivity index (χ1n) is 7.87. The molecular formula is C20H18ClN3O. The Kier molecular flexibility index (Phi) is 5.00. The van der Waals surface area contributed by atoms with Gasteiger partial charge < -0.3 is 10.2 Å². The van der Waals surface area contributed by atoms with Crippen molar-refractivity contribution >= 4 is 34.6 Å². The van der Waals surface area contributed by atoms with Crippen LogP contribution in [0.3, 0.4) is 0 Å². The largest absolute Gasteiger partial charge is 0.345 e. The summed E-state index contributed by atoms with van der Waals surface area (Å²) in [5, 5.41) is 3.44. The third kappa shape index (κ3) is 3.98. The fourth-order valence-electron chi connectivity index (χ4n) is 2.47. The first-order chi connectivity index (χ1) is 12.0. The van der Waals surface area contributed by atoms with Crippen LogP contribution in [0.25, 0.3) is 0 Å². The Hall–Kier alpha value is -2.85. The molecule has 1 aromatic heterocycles. The maximum absolute atomic E-state index is 12.6. The third-order valence-electron chi connectivity index (χ3n) is 3.95. The van der Waals surface area contributed by atoms with Gasteiger partial charge in [-0.15, -0.1) is 0 Å². The van der Waals surface area contributed by atoms with E-state index in [1.54, 1.807) is 24.4 Å². The number of amides is 1. The van der Waals surface area contributed by atoms with E-state index in [0.29, 0.717) is 16.4 Å². The van der Waals surface area contributed by atoms with Crippen LogP contribution in [0.5, 0.6) is 0 Å². The molecule has 0 radical (unpaired) electrons. The molecule has 5 heteroatoms. The van der Waals surface area contributed by atoms with Gasteiger partial charge in [0.25, 0.3) is 5.91 Å². The van der Waals surface area contributed by atoms with Gasteiger partial charge in [-0.2, -0.15) is 0 Å². The van der Waals surface area contributed by atoms with E-state index in [9.17, 15) is 4.79 Å². The Morgan fingerprint density at radius 3 is 2.56 bits per heavy atom. The molecule has 0 aliphatic rings. The molecule has 1 amide bonds. The van der Waals surface area contributed by atoms with Gasteiger partial charge >= 0.3 is 0 Å². The molecule has 0 spiro atoms. The summed E-state index contributed by atoms with van der Waals surface area (Å²) in [7, 11) is 1.95. The number of para-hydroxylation sites is 1. The van der Waals surface area contributed by atoms with Gasteiger partial charge in [-0.25, -0.2) is 0 Å². The summed E-state index contributed by atoms with van der Waals surface area (Å²) in [6.07, 6.45) is 1.63. The number of aryl methyl sites for hydroxylation is 1. The van der Waals surface area contributed by atoms with Gasteiger partial charge in [0.05, 0.1) is 0 Å². The minimum absolute atomic E-state index is 0.270. The number of anilines is 3. The van der Waals surface area contributed by atoms with Crippen molar-refractivity contribution in [2.24, 2.45) is 0 Å². The first-order valence-corrected chi connectivity index (χ1v) is 8.25. The lowest BCUT2D eigenvalue weighted by atomic mass is 10.2. The zero-order valence-electron chi connectivity index (χ0n) is 14.0. The van der Waals surface area contributed by atoms with E-state index in [1.165, 1.54) is 0 Å². The predicted octanol–water partition coefficient (Wildman–Crippen LogP) is 5.06. The standard InChI is InChI=1S/C20H18ClN3O/c1-14-8-9-15(21)12-18(14)23-20(25)19-13-17(10-11-22-19)24(2)16-6-4-3-5-7-16/h3-13H,1-2H3,(H,23,25). The number of halogens is 1. The number of nitrogens with one attached hydrogen (secondary N) is 1. The number of benzene rings is 2. The number of pyridine rings is 1. The smallest absolute Gasteiger partial charge is 0.274 e. The van der Waals surface area contributed by atoms with E-state index >= 15 is 0 Å². The molecule has 0 atom stereocenters. The second kappa shape index (κ2) is 7.36. The summed E-state index contributed by atoms with van der Waals surface area (Å²) in [4.78, 5) is 18.7. The molecule has 126 valence electrons. The van der Waals surface area contributed by atoms with E-state index in [0.717, 1.165) is 16.9 Å². The first kappa shape index (κ1) is 17.0. The van der Waals surface area contributed by atoms with Crippen LogP contribution in [0.2, 0.25) is 5.02 Å². The number of hydrogen-bond acceptors (Lipinski definition) is 3. The molecule has 1 heterocycles. The Labute approximate surface area is 152 Å². The molecule has 25 heavy (non-hydrogen) atoms. The van der Waals surface area contributed by atoms with Crippen LogP contribution in [-0.4, -0.2) is 17.9 Å². The predicted molar refractivity (Wildman–Crippen MR) is 103 cm³/mol. The highest BCUT2D eigenvalue weighted by Gasteiger charge is 2.12. The SMILES string of the molecule is Cc1ccc(Cl)cc1NC(=O)c1cc(N(C)c2ccccc2)ccn1. The Morgan fingerprint density at radius 1 is 1.04 bits per heavy atom. The third-order valence-corrected chi connectivity index (χ3v) is 4.19. The summed E-state index contributed by atoms with van der Waals surface area (Å²) < 4.78 is 0. The second-order valence-corrected chi connectivity index (χ2v) is 6.14. The lowest BCUT2D eigenvalue weighted by molar-refractivity contribution is 0.102. The van der Waals surface area contributed by atoms with Crippen molar-refractivity contribution in [3.05, 3.63) is 83.1 Å². The average Bonchev–Trinajstić information content (AvgIpc) is 2.65. The molecule has 2 aromatic carbocycles. The van der Waals surface area contributed by atoms with Gasteiger partial charge in [0, 0.05) is 35.3 Å². The van der Waals surface area contributed by atoms with Gasteiger partial charge in [-0.1, -0.05) is 35.9 Å². The quantitative estimate of drug-likeness (QED) is 0.714. The van der Waals surface area contributed by atoms with Crippen LogP contribution in [0, 0.1) is 6.92 Å². The summed E-state index contributed by atoms with van der Waals surface area (Å²) in [5.41, 5.74) is 3.89. The summed E-state index contributed by atoms with van der Waals surface area (Å²) in [6, 6.07) is 19.0. The molecule has 0 saturated heterocycles. The molecule has 0 bridgehead atoms. The van der Waals surface area contributed by atoms with Crippen LogP contribution in [0.15, 0.2) is 66.9 Å². The molecule has 3 aromatic rings. The van der Waals surface area contributed by atoms with E-state index in [1.807, 2.05) is 61.3 Å². The van der Waals surface area contributed by atoms with Gasteiger partial charge in [-0.05, 0) is 48.9 Å². The lowest BCUT2D eigenvalue weighted by Gasteiger charge is -2.19. The van der Waals surface area contributed by atoms with Crippen molar-refractivity contribution in [2.45, 2.75) is 6.92 Å². The number of rotatable bonds is 4. The molecule has 4 nitrogen and oxygen atoms in total. The number of hydrogen-bond donors (Lipinski definition) is 1. The highest BCUT2D eigenvalue weighted by Crippen LogP contribution is 2.24. The summed E-state index contributed by atoms with van der Waals surface area (Å²) >= 11 is 6.01. The van der Waals surface area contributed by atoms with Crippen LogP contribution in [-0.2, 0) is 0 Å². The molecule has 3 rings (SSSR count). The second-order valence-electron chi connectivity index (χ2n) is 5.71. The van der Waals surface area contributed by atoms with E-state index in [2.05, 4.69) is 10.3 Å². The number of nitrogens with zero attached hydrogens (tertiary/aromatic N) is 2. The molecular weight excluding hydrogens is 334 g/mol. The van der Waals surface area contributed by atoms with Crippen molar-refractivity contribution in [2.75, 3.05) is 17.3 Å². The fourth-order valence-corrected chi connectivity index (χ4v) is 2.64. The van der Waals surface area contributed by atoms with Gasteiger partial charge in [0.2, 0.25) is 0 Å². The highest BCUT2D eigenvalue weighted by atomic mass is 35.5. The van der Waals surface area contributed by atoms with Crippen molar-refractivity contribution in [1.29, 1.82) is 0 Å². The van der Waals surface area contributed by atoms with E-state index < -0.39 is 0 Å². The van der Waals surface area contributed by atoms with Crippen LogP contribution < -0.4 is 10.2 Å². The number of carbonyl (C=O) groups is 1. The van der Waals surface area contributed by atoms with Crippen molar-refractivity contribution in [3.63, 3.8) is 0 Å². The summed E-state index contributed by atoms with van der Waals surface area (Å²) in [6.45, 7) is 1.92. The van der Waals surface area contributed by atoms with Crippen LogP contribution >= 0.6 is 11.6 Å². The average molecular weight is 352 g/mol. The van der Waals surface area contributed by atoms with Crippen molar-refractivity contribution in [3.8, 4) is 0 Å². The van der Waals surface area contributed by atoms with Crippen LogP contribution in [0.4, 0.5) is 17.1 Å². The zero-order chi connectivity index (χ0) is 17.8. The monoisotopic (exact) mass is 351 g/mol. The molecule has 0 aliphatic heterocycles. The normalized spacial score (nSPS) is 10.4. The Morgan fingerprint density at radius 2 is 1.80 bits per heavy atom. The highest BCUT2D eigenvalue weighted by molar-refractivity contribution is 6.31.